The summed E-state index contributed by atoms with van der Waals surface area (Å²) in [5.41, 5.74) is 3.12. The molecule has 4 nitrogen and oxygen atoms in total. The molecule has 0 aliphatic carbocycles. The Hall–Kier alpha value is -3.05. The van der Waals surface area contributed by atoms with Crippen molar-refractivity contribution in [3.8, 4) is 0 Å². The van der Waals surface area contributed by atoms with Crippen LogP contribution in [0.5, 0.6) is 0 Å². The van der Waals surface area contributed by atoms with Crippen molar-refractivity contribution in [2.24, 2.45) is 0 Å². The Balaban J connectivity index is 1.68. The average Bonchev–Trinajstić information content (AvgIpc) is 3.15. The van der Waals surface area contributed by atoms with Crippen LogP contribution in [0.4, 0.5) is 0 Å². The number of fused-ring (bicyclic) bond motifs is 1. The molecule has 0 spiro atoms. The van der Waals surface area contributed by atoms with Crippen LogP contribution >= 0.6 is 11.3 Å². The molecule has 0 atom stereocenters. The van der Waals surface area contributed by atoms with E-state index in [-0.39, 0.29) is 5.56 Å². The van der Waals surface area contributed by atoms with Crippen LogP contribution in [-0.2, 0) is 0 Å². The lowest BCUT2D eigenvalue weighted by atomic mass is 10.1. The van der Waals surface area contributed by atoms with E-state index in [2.05, 4.69) is 10.1 Å². The molecule has 0 amide bonds. The zero-order valence-corrected chi connectivity index (χ0v) is 14.4. The Bertz CT molecular complexity index is 1160. The summed E-state index contributed by atoms with van der Waals surface area (Å²) >= 11 is 1.35. The highest BCUT2D eigenvalue weighted by atomic mass is 32.1. The van der Waals surface area contributed by atoms with Gasteiger partial charge in [0.2, 0.25) is 4.96 Å². The summed E-state index contributed by atoms with van der Waals surface area (Å²) in [6.45, 7) is 2.04. The molecule has 0 radical (unpaired) electrons. The quantitative estimate of drug-likeness (QED) is 0.573. The van der Waals surface area contributed by atoms with Gasteiger partial charge in [-0.25, -0.2) is 0 Å². The van der Waals surface area contributed by atoms with Gasteiger partial charge in [-0.1, -0.05) is 77.6 Å². The summed E-state index contributed by atoms with van der Waals surface area (Å²) in [7, 11) is 0. The van der Waals surface area contributed by atoms with Crippen molar-refractivity contribution in [1.82, 2.24) is 14.6 Å². The lowest BCUT2D eigenvalue weighted by Gasteiger charge is -1.92. The zero-order valence-electron chi connectivity index (χ0n) is 13.6. The van der Waals surface area contributed by atoms with E-state index in [0.29, 0.717) is 15.3 Å². The minimum absolute atomic E-state index is 0.132. The minimum Gasteiger partial charge on any atom is -0.266 e. The maximum absolute atomic E-state index is 12.5. The molecule has 25 heavy (non-hydrogen) atoms. The summed E-state index contributed by atoms with van der Waals surface area (Å²) in [6.07, 6.45) is 5.63. The minimum atomic E-state index is -0.132. The van der Waals surface area contributed by atoms with E-state index in [1.807, 2.05) is 79.7 Å². The maximum Gasteiger partial charge on any atom is 0.291 e. The van der Waals surface area contributed by atoms with E-state index in [9.17, 15) is 4.79 Å². The van der Waals surface area contributed by atoms with E-state index >= 15 is 0 Å². The average molecular weight is 345 g/mol. The lowest BCUT2D eigenvalue weighted by molar-refractivity contribution is 0.925. The van der Waals surface area contributed by atoms with Gasteiger partial charge in [0.05, 0.1) is 4.53 Å². The molecular weight excluding hydrogens is 330 g/mol. The van der Waals surface area contributed by atoms with Gasteiger partial charge in [-0.2, -0.15) is 9.50 Å². The number of hydrogen-bond acceptors (Lipinski definition) is 4. The number of aryl methyl sites for hydroxylation is 1. The number of aromatic nitrogens is 3. The normalized spacial score (nSPS) is 12.4. The molecule has 0 saturated carbocycles. The van der Waals surface area contributed by atoms with Gasteiger partial charge in [-0.05, 0) is 30.2 Å². The van der Waals surface area contributed by atoms with Crippen LogP contribution in [0.1, 0.15) is 22.5 Å². The highest BCUT2D eigenvalue weighted by Crippen LogP contribution is 2.08. The third-order valence-corrected chi connectivity index (χ3v) is 4.76. The van der Waals surface area contributed by atoms with Gasteiger partial charge in [0.1, 0.15) is 0 Å². The van der Waals surface area contributed by atoms with Crippen LogP contribution in [0.3, 0.4) is 0 Å². The molecule has 4 rings (SSSR count). The number of hydrogen-bond donors (Lipinski definition) is 0. The molecule has 0 N–H and O–H groups in total. The molecule has 122 valence electrons. The van der Waals surface area contributed by atoms with Crippen molar-refractivity contribution in [2.75, 3.05) is 0 Å². The number of thiazole rings is 1. The van der Waals surface area contributed by atoms with Crippen molar-refractivity contribution in [1.29, 1.82) is 0 Å². The second-order valence-electron chi connectivity index (χ2n) is 5.73. The lowest BCUT2D eigenvalue weighted by Crippen LogP contribution is -2.23. The highest BCUT2D eigenvalue weighted by molar-refractivity contribution is 7.15. The Morgan fingerprint density at radius 3 is 2.44 bits per heavy atom. The number of rotatable bonds is 3. The molecule has 0 saturated heterocycles. The summed E-state index contributed by atoms with van der Waals surface area (Å²) in [6, 6.07) is 18.0. The molecule has 2 aromatic heterocycles. The van der Waals surface area contributed by atoms with E-state index in [1.54, 1.807) is 0 Å². The fourth-order valence-corrected chi connectivity index (χ4v) is 3.38. The fourth-order valence-electron chi connectivity index (χ4n) is 2.47. The van der Waals surface area contributed by atoms with Crippen molar-refractivity contribution in [2.45, 2.75) is 6.92 Å². The van der Waals surface area contributed by atoms with Gasteiger partial charge < -0.3 is 0 Å². The molecule has 0 fully saturated rings. The molecule has 0 bridgehead atoms. The van der Waals surface area contributed by atoms with Crippen LogP contribution < -0.4 is 10.1 Å². The predicted octanol–water partition coefficient (Wildman–Crippen LogP) is 3.18. The number of benzene rings is 2. The Labute approximate surface area is 148 Å². The van der Waals surface area contributed by atoms with Gasteiger partial charge in [0, 0.05) is 0 Å². The monoisotopic (exact) mass is 345 g/mol. The first-order chi connectivity index (χ1) is 12.2. The Morgan fingerprint density at radius 1 is 0.960 bits per heavy atom. The third kappa shape index (κ3) is 3.27. The third-order valence-electron chi connectivity index (χ3n) is 3.80. The second-order valence-corrected chi connectivity index (χ2v) is 6.74. The topological polar surface area (TPSA) is 47.3 Å². The van der Waals surface area contributed by atoms with Crippen LogP contribution in [0.15, 0.2) is 59.4 Å². The van der Waals surface area contributed by atoms with Crippen molar-refractivity contribution in [3.63, 3.8) is 0 Å². The molecule has 5 heteroatoms. The first-order valence-corrected chi connectivity index (χ1v) is 8.72. The first kappa shape index (κ1) is 15.5. The Kier molecular flexibility index (Phi) is 3.99. The molecule has 2 aromatic carbocycles. The van der Waals surface area contributed by atoms with Gasteiger partial charge >= 0.3 is 0 Å². The van der Waals surface area contributed by atoms with Gasteiger partial charge in [0.15, 0.2) is 5.82 Å². The van der Waals surface area contributed by atoms with Crippen LogP contribution in [0, 0.1) is 6.92 Å². The van der Waals surface area contributed by atoms with Crippen molar-refractivity contribution >= 4 is 34.5 Å². The second kappa shape index (κ2) is 6.45. The van der Waals surface area contributed by atoms with E-state index in [0.717, 1.165) is 11.1 Å². The van der Waals surface area contributed by atoms with Crippen molar-refractivity contribution < 1.29 is 0 Å². The fraction of sp³-hybridized carbons (Fsp3) is 0.0500. The highest BCUT2D eigenvalue weighted by Gasteiger charge is 2.08. The van der Waals surface area contributed by atoms with Crippen LogP contribution in [0.2, 0.25) is 0 Å². The van der Waals surface area contributed by atoms with Gasteiger partial charge in [0.25, 0.3) is 5.56 Å². The number of nitrogens with zero attached hydrogens (tertiary/aromatic N) is 3. The maximum atomic E-state index is 12.5. The summed E-state index contributed by atoms with van der Waals surface area (Å²) in [4.78, 5) is 17.5. The van der Waals surface area contributed by atoms with Gasteiger partial charge in [-0.15, -0.1) is 5.10 Å². The standard InChI is InChI=1S/C20H15N3OS/c1-14-7-9-16(10-8-14)13-17-19(24)23-20(25-17)21-18(22-23)12-11-15-5-3-2-4-6-15/h2-13H,1H3. The largest absolute Gasteiger partial charge is 0.291 e. The molecule has 0 aliphatic heterocycles. The molecule has 2 heterocycles. The molecule has 4 aromatic rings. The van der Waals surface area contributed by atoms with Gasteiger partial charge in [-0.3, -0.25) is 4.79 Å². The summed E-state index contributed by atoms with van der Waals surface area (Å²) in [5, 5.41) is 4.30. The van der Waals surface area contributed by atoms with Crippen LogP contribution in [0.25, 0.3) is 23.2 Å². The van der Waals surface area contributed by atoms with E-state index < -0.39 is 0 Å². The summed E-state index contributed by atoms with van der Waals surface area (Å²) in [5.74, 6) is 0.536. The molecule has 0 unspecified atom stereocenters. The van der Waals surface area contributed by atoms with Crippen LogP contribution in [-0.4, -0.2) is 14.6 Å². The molecular formula is C20H15N3OS. The SMILES string of the molecule is Cc1ccc(C=c2sc3nc(C=Cc4ccccc4)nn3c2=O)cc1. The molecule has 0 aliphatic rings. The first-order valence-electron chi connectivity index (χ1n) is 7.90. The van der Waals surface area contributed by atoms with Crippen molar-refractivity contribution in [3.05, 3.63) is 92.0 Å². The predicted molar refractivity (Wildman–Crippen MR) is 102 cm³/mol. The smallest absolute Gasteiger partial charge is 0.266 e. The zero-order chi connectivity index (χ0) is 17.2. The van der Waals surface area contributed by atoms with E-state index in [1.165, 1.54) is 21.4 Å². The summed E-state index contributed by atoms with van der Waals surface area (Å²) < 4.78 is 2.01. The Morgan fingerprint density at radius 2 is 1.72 bits per heavy atom. The van der Waals surface area contributed by atoms with E-state index in [4.69, 9.17) is 0 Å².